The van der Waals surface area contributed by atoms with Crippen LogP contribution in [0.15, 0.2) is 30.3 Å². The molecule has 20 heavy (non-hydrogen) atoms. The van der Waals surface area contributed by atoms with Gasteiger partial charge in [-0.2, -0.15) is 0 Å². The highest BCUT2D eigenvalue weighted by Crippen LogP contribution is 2.26. The van der Waals surface area contributed by atoms with Crippen molar-refractivity contribution in [1.82, 2.24) is 0 Å². The summed E-state index contributed by atoms with van der Waals surface area (Å²) in [6.45, 7) is 3.94. The van der Waals surface area contributed by atoms with Crippen molar-refractivity contribution in [2.75, 3.05) is 13.2 Å². The van der Waals surface area contributed by atoms with Gasteiger partial charge in [0.2, 0.25) is 0 Å². The van der Waals surface area contributed by atoms with Crippen molar-refractivity contribution in [3.8, 4) is 0 Å². The average Bonchev–Trinajstić information content (AvgIpc) is 2.81. The Morgan fingerprint density at radius 2 is 2.05 bits per heavy atom. The molecule has 0 aromatic heterocycles. The van der Waals surface area contributed by atoms with Crippen molar-refractivity contribution in [1.29, 1.82) is 0 Å². The van der Waals surface area contributed by atoms with Crippen molar-refractivity contribution >= 4 is 0 Å². The minimum atomic E-state index is -0.925. The number of aliphatic hydroxyl groups is 2. The fraction of sp³-hybridized carbons (Fsp3) is 0.600. The molecule has 0 spiro atoms. The Morgan fingerprint density at radius 3 is 2.60 bits per heavy atom. The Bertz CT molecular complexity index is 406. The zero-order valence-corrected chi connectivity index (χ0v) is 11.9. The van der Waals surface area contributed by atoms with Gasteiger partial charge in [-0.15, -0.1) is 0 Å². The van der Waals surface area contributed by atoms with Crippen molar-refractivity contribution in [3.05, 3.63) is 35.9 Å². The zero-order valence-electron chi connectivity index (χ0n) is 11.9. The Labute approximate surface area is 119 Å². The molecule has 112 valence electrons. The summed E-state index contributed by atoms with van der Waals surface area (Å²) in [6, 6.07) is 9.62. The van der Waals surface area contributed by atoms with Crippen molar-refractivity contribution in [3.63, 3.8) is 0 Å². The molecule has 0 radical (unpaired) electrons. The van der Waals surface area contributed by atoms with E-state index in [1.165, 1.54) is 0 Å². The summed E-state index contributed by atoms with van der Waals surface area (Å²) in [5.74, 6) is -0.703. The molecule has 5 nitrogen and oxygen atoms in total. The number of aliphatic hydroxyl groups excluding tert-OH is 2. The third-order valence-corrected chi connectivity index (χ3v) is 3.28. The first-order valence-corrected chi connectivity index (χ1v) is 6.78. The lowest BCUT2D eigenvalue weighted by Crippen LogP contribution is -2.43. The molecule has 0 unspecified atom stereocenters. The van der Waals surface area contributed by atoms with E-state index in [4.69, 9.17) is 14.2 Å². The van der Waals surface area contributed by atoms with Gasteiger partial charge in [0.25, 0.3) is 0 Å². The van der Waals surface area contributed by atoms with Gasteiger partial charge >= 0.3 is 0 Å². The van der Waals surface area contributed by atoms with Crippen LogP contribution >= 0.6 is 0 Å². The first-order chi connectivity index (χ1) is 9.52. The van der Waals surface area contributed by atoms with Crippen LogP contribution in [0.4, 0.5) is 0 Å². The van der Waals surface area contributed by atoms with Gasteiger partial charge in [0.05, 0.1) is 19.8 Å². The first-order valence-electron chi connectivity index (χ1n) is 6.78. The van der Waals surface area contributed by atoms with Gasteiger partial charge in [-0.25, -0.2) is 0 Å². The molecular weight excluding hydrogens is 260 g/mol. The van der Waals surface area contributed by atoms with E-state index in [0.29, 0.717) is 13.2 Å². The molecule has 2 N–H and O–H groups in total. The fourth-order valence-corrected chi connectivity index (χ4v) is 2.16. The van der Waals surface area contributed by atoms with E-state index in [2.05, 4.69) is 0 Å². The van der Waals surface area contributed by atoms with Gasteiger partial charge in [0, 0.05) is 0 Å². The third kappa shape index (κ3) is 4.01. The average molecular weight is 282 g/mol. The van der Waals surface area contributed by atoms with Crippen LogP contribution in [0.25, 0.3) is 0 Å². The van der Waals surface area contributed by atoms with E-state index in [0.717, 1.165) is 5.56 Å². The van der Waals surface area contributed by atoms with Gasteiger partial charge < -0.3 is 24.4 Å². The summed E-state index contributed by atoms with van der Waals surface area (Å²) >= 11 is 0. The lowest BCUT2D eigenvalue weighted by Gasteiger charge is -2.26. The summed E-state index contributed by atoms with van der Waals surface area (Å²) in [5.41, 5.74) is 0.988. The second-order valence-corrected chi connectivity index (χ2v) is 5.38. The Kier molecular flexibility index (Phi) is 5.12. The van der Waals surface area contributed by atoms with Crippen molar-refractivity contribution in [2.45, 2.75) is 44.6 Å². The highest BCUT2D eigenvalue weighted by atomic mass is 16.7. The van der Waals surface area contributed by atoms with Crippen LogP contribution in [-0.2, 0) is 20.8 Å². The maximum Gasteiger partial charge on any atom is 0.163 e. The molecule has 0 amide bonds. The first kappa shape index (κ1) is 15.4. The normalized spacial score (nSPS) is 24.5. The molecule has 1 heterocycles. The van der Waals surface area contributed by atoms with Crippen LogP contribution in [0.5, 0.6) is 0 Å². The van der Waals surface area contributed by atoms with Crippen LogP contribution in [-0.4, -0.2) is 47.5 Å². The number of hydrogen-bond donors (Lipinski definition) is 2. The van der Waals surface area contributed by atoms with Crippen LogP contribution in [0.3, 0.4) is 0 Å². The quantitative estimate of drug-likeness (QED) is 0.817. The summed E-state index contributed by atoms with van der Waals surface area (Å²) in [6.07, 6.45) is -2.11. The molecule has 0 aliphatic carbocycles. The van der Waals surface area contributed by atoms with E-state index < -0.39 is 24.1 Å². The van der Waals surface area contributed by atoms with Gasteiger partial charge in [-0.05, 0) is 19.4 Å². The van der Waals surface area contributed by atoms with Crippen LogP contribution in [0.2, 0.25) is 0 Å². The maximum atomic E-state index is 10.2. The monoisotopic (exact) mass is 282 g/mol. The van der Waals surface area contributed by atoms with Crippen LogP contribution < -0.4 is 0 Å². The van der Waals surface area contributed by atoms with E-state index in [1.54, 1.807) is 13.8 Å². The minimum absolute atomic E-state index is 0.270. The molecule has 1 aromatic rings. The van der Waals surface area contributed by atoms with Gasteiger partial charge in [-0.1, -0.05) is 30.3 Å². The molecule has 3 atom stereocenters. The topological polar surface area (TPSA) is 68.2 Å². The molecule has 2 rings (SSSR count). The Morgan fingerprint density at radius 1 is 1.35 bits per heavy atom. The molecule has 0 saturated carbocycles. The molecule has 1 aliphatic heterocycles. The molecule has 5 heteroatoms. The lowest BCUT2D eigenvalue weighted by molar-refractivity contribution is -0.169. The van der Waals surface area contributed by atoms with Gasteiger partial charge in [-0.3, -0.25) is 0 Å². The number of ether oxygens (including phenoxy) is 3. The maximum absolute atomic E-state index is 10.2. The molecule has 0 bridgehead atoms. The predicted molar refractivity (Wildman–Crippen MR) is 73.0 cm³/mol. The van der Waals surface area contributed by atoms with E-state index in [9.17, 15) is 10.2 Å². The SMILES string of the molecule is CC1(C)OC[C@H]([C@H](O)[C@H](CO)OCc2ccccc2)O1. The zero-order chi connectivity index (χ0) is 14.6. The van der Waals surface area contributed by atoms with Gasteiger partial charge in [0.1, 0.15) is 18.3 Å². The number of benzene rings is 1. The smallest absolute Gasteiger partial charge is 0.163 e. The minimum Gasteiger partial charge on any atom is -0.394 e. The molecule has 1 aliphatic rings. The van der Waals surface area contributed by atoms with Crippen LogP contribution in [0, 0.1) is 0 Å². The van der Waals surface area contributed by atoms with Gasteiger partial charge in [0.15, 0.2) is 5.79 Å². The Balaban J connectivity index is 1.88. The second-order valence-electron chi connectivity index (χ2n) is 5.38. The largest absolute Gasteiger partial charge is 0.394 e. The third-order valence-electron chi connectivity index (χ3n) is 3.28. The lowest BCUT2D eigenvalue weighted by atomic mass is 10.1. The summed E-state index contributed by atoms with van der Waals surface area (Å²) in [7, 11) is 0. The number of rotatable bonds is 6. The molecule has 1 saturated heterocycles. The summed E-state index contributed by atoms with van der Waals surface area (Å²) in [4.78, 5) is 0. The highest BCUT2D eigenvalue weighted by molar-refractivity contribution is 5.13. The predicted octanol–water partition coefficient (Wildman–Crippen LogP) is 1.08. The van der Waals surface area contributed by atoms with E-state index in [1.807, 2.05) is 30.3 Å². The summed E-state index contributed by atoms with van der Waals surface area (Å²) < 4.78 is 16.6. The standard InChI is InChI=1S/C15H22O5/c1-15(2)19-10-13(20-15)14(17)12(8-16)18-9-11-6-4-3-5-7-11/h3-7,12-14,16-17H,8-10H2,1-2H3/t12-,13+,14+/m0/s1. The number of hydrogen-bond acceptors (Lipinski definition) is 5. The van der Waals surface area contributed by atoms with E-state index >= 15 is 0 Å². The molecular formula is C15H22O5. The Hall–Kier alpha value is -0.980. The fourth-order valence-electron chi connectivity index (χ4n) is 2.16. The molecule has 1 aromatic carbocycles. The summed E-state index contributed by atoms with van der Waals surface area (Å²) in [5, 5.41) is 19.6. The van der Waals surface area contributed by atoms with Crippen molar-refractivity contribution in [2.24, 2.45) is 0 Å². The molecule has 1 fully saturated rings. The van der Waals surface area contributed by atoms with Crippen molar-refractivity contribution < 1.29 is 24.4 Å². The highest BCUT2D eigenvalue weighted by Gasteiger charge is 2.40. The van der Waals surface area contributed by atoms with E-state index in [-0.39, 0.29) is 6.61 Å². The van der Waals surface area contributed by atoms with Crippen LogP contribution in [0.1, 0.15) is 19.4 Å². The second kappa shape index (κ2) is 6.65.